The van der Waals surface area contributed by atoms with E-state index in [0.29, 0.717) is 0 Å². The molecule has 5 nitrogen and oxygen atoms in total. The minimum absolute atomic E-state index is 0. The second kappa shape index (κ2) is 9.21. The maximum absolute atomic E-state index is 11.0. The van der Waals surface area contributed by atoms with Gasteiger partial charge in [0.25, 0.3) is 0 Å². The standard InChI is InChI=1S/C15H20N3O2P.Au/c1-3-21(4-2)9-8-18-11-14(16-17-18)12-6-5-7-13(10-12)15(19)20;/h5-7,10,16H,3-4,8-9H2,1-2H3,(H,19,20);/q;+1. The summed E-state index contributed by atoms with van der Waals surface area (Å²) in [6, 6.07) is 6.78. The number of nitrogens with one attached hydrogen (secondary N) is 1. The largest absolute Gasteiger partial charge is 1.00 e. The molecule has 0 saturated heterocycles. The van der Waals surface area contributed by atoms with Gasteiger partial charge >= 0.3 is 28.3 Å². The molecular formula is C15H20AuN3O2P+. The van der Waals surface area contributed by atoms with E-state index in [-0.39, 0.29) is 35.9 Å². The average molecular weight is 502 g/mol. The van der Waals surface area contributed by atoms with Crippen molar-refractivity contribution in [3.63, 3.8) is 0 Å². The maximum atomic E-state index is 11.0. The van der Waals surface area contributed by atoms with Crippen LogP contribution in [0, 0.1) is 6.20 Å². The van der Waals surface area contributed by atoms with Gasteiger partial charge in [0.1, 0.15) is 0 Å². The van der Waals surface area contributed by atoms with Crippen molar-refractivity contribution >= 4 is 13.9 Å². The quantitative estimate of drug-likeness (QED) is 0.265. The summed E-state index contributed by atoms with van der Waals surface area (Å²) >= 11 is 0. The number of nitrogens with zero attached hydrogens (tertiary/aromatic N) is 2. The summed E-state index contributed by atoms with van der Waals surface area (Å²) < 4.78 is 1.78. The summed E-state index contributed by atoms with van der Waals surface area (Å²) in [4.78, 5) is 11.0. The van der Waals surface area contributed by atoms with E-state index in [1.54, 1.807) is 22.9 Å². The summed E-state index contributed by atoms with van der Waals surface area (Å²) in [5.41, 5.74) is 1.77. The predicted molar refractivity (Wildman–Crippen MR) is 82.9 cm³/mol. The van der Waals surface area contributed by atoms with Crippen LogP contribution in [0.25, 0.3) is 11.3 Å². The van der Waals surface area contributed by atoms with E-state index < -0.39 is 5.97 Å². The third kappa shape index (κ3) is 5.03. The third-order valence-corrected chi connectivity index (χ3v) is 6.07. The molecule has 1 aromatic heterocycles. The van der Waals surface area contributed by atoms with Crippen molar-refractivity contribution in [2.75, 3.05) is 18.5 Å². The zero-order chi connectivity index (χ0) is 15.2. The van der Waals surface area contributed by atoms with Gasteiger partial charge in [0.05, 0.1) is 11.8 Å². The van der Waals surface area contributed by atoms with Crippen LogP contribution in [-0.4, -0.2) is 39.9 Å². The summed E-state index contributed by atoms with van der Waals surface area (Å²) in [7, 11) is 0.0889. The summed E-state index contributed by atoms with van der Waals surface area (Å²) in [6.07, 6.45) is 6.79. The normalized spacial score (nSPS) is 10.5. The van der Waals surface area contributed by atoms with Crippen LogP contribution in [0.2, 0.25) is 0 Å². The Labute approximate surface area is 147 Å². The molecule has 2 N–H and O–H groups in total. The molecule has 0 aliphatic rings. The minimum atomic E-state index is -0.930. The van der Waals surface area contributed by atoms with Crippen LogP contribution in [0.4, 0.5) is 0 Å². The molecule has 2 rings (SSSR count). The molecule has 0 aliphatic heterocycles. The van der Waals surface area contributed by atoms with E-state index in [1.807, 2.05) is 6.07 Å². The Hall–Kier alpha value is -1.000. The fourth-order valence-electron chi connectivity index (χ4n) is 2.11. The van der Waals surface area contributed by atoms with Gasteiger partial charge in [-0.25, -0.2) is 9.48 Å². The van der Waals surface area contributed by atoms with E-state index in [1.165, 1.54) is 12.3 Å². The Balaban J connectivity index is 0.00000242. The van der Waals surface area contributed by atoms with Gasteiger partial charge in [0, 0.05) is 23.6 Å². The van der Waals surface area contributed by atoms with Crippen LogP contribution < -0.4 is 4.68 Å². The number of H-pyrrole nitrogens is 1. The van der Waals surface area contributed by atoms with E-state index in [9.17, 15) is 4.79 Å². The first kappa shape index (κ1) is 19.0. The second-order valence-corrected chi connectivity index (χ2v) is 7.79. The summed E-state index contributed by atoms with van der Waals surface area (Å²) in [5, 5.41) is 16.1. The first-order valence-electron chi connectivity index (χ1n) is 7.08. The van der Waals surface area contributed by atoms with Gasteiger partial charge in [-0.15, -0.1) is 25.6 Å². The summed E-state index contributed by atoms with van der Waals surface area (Å²) in [6.45, 7) is 5.32. The number of carbonyl (C=O) groups is 1. The number of hydrogen-bond acceptors (Lipinski definition) is 2. The van der Waals surface area contributed by atoms with Gasteiger partial charge in [-0.1, -0.05) is 26.0 Å². The SMILES string of the molecule is CCP(CC)CC[n+]1[c-]c(-c2cccc(C(=O)O)c2)[nH]n1.[Au+]. The van der Waals surface area contributed by atoms with Crippen LogP contribution in [-0.2, 0) is 28.9 Å². The molecule has 0 amide bonds. The molecule has 0 radical (unpaired) electrons. The van der Waals surface area contributed by atoms with Crippen LogP contribution in [0.1, 0.15) is 24.2 Å². The van der Waals surface area contributed by atoms with Crippen molar-refractivity contribution in [1.82, 2.24) is 10.3 Å². The van der Waals surface area contributed by atoms with Crippen LogP contribution in [0.5, 0.6) is 0 Å². The minimum Gasteiger partial charge on any atom is -0.478 e. The van der Waals surface area contributed by atoms with Crippen LogP contribution in [0.3, 0.4) is 0 Å². The van der Waals surface area contributed by atoms with E-state index in [0.717, 1.165) is 24.0 Å². The zero-order valence-corrected chi connectivity index (χ0v) is 15.7. The van der Waals surface area contributed by atoms with Crippen molar-refractivity contribution in [3.8, 4) is 11.3 Å². The van der Waals surface area contributed by atoms with Gasteiger partial charge in [-0.2, -0.15) is 5.10 Å². The molecule has 1 heterocycles. The average Bonchev–Trinajstić information content (AvgIpc) is 2.97. The molecular weight excluding hydrogens is 482 g/mol. The molecule has 0 atom stereocenters. The Morgan fingerprint density at radius 3 is 2.77 bits per heavy atom. The van der Waals surface area contributed by atoms with Gasteiger partial charge in [-0.3, -0.25) is 0 Å². The number of aryl methyl sites for hydroxylation is 1. The summed E-state index contributed by atoms with van der Waals surface area (Å²) in [5.74, 6) is -0.930. The molecule has 2 aromatic rings. The Morgan fingerprint density at radius 2 is 2.14 bits per heavy atom. The van der Waals surface area contributed by atoms with Crippen molar-refractivity contribution in [2.24, 2.45) is 0 Å². The Morgan fingerprint density at radius 1 is 1.41 bits per heavy atom. The first-order chi connectivity index (χ1) is 10.1. The number of aromatic carboxylic acids is 1. The number of hydrogen-bond donors (Lipinski definition) is 2. The molecule has 0 fully saturated rings. The van der Waals surface area contributed by atoms with Gasteiger partial charge in [0.2, 0.25) is 0 Å². The van der Waals surface area contributed by atoms with Crippen LogP contribution >= 0.6 is 7.92 Å². The molecule has 1 aromatic carbocycles. The fraction of sp³-hybridized carbons (Fsp3) is 0.400. The maximum Gasteiger partial charge on any atom is 1.00 e. The predicted octanol–water partition coefficient (Wildman–Crippen LogP) is 2.38. The molecule has 7 heteroatoms. The molecule has 0 saturated carbocycles. The van der Waals surface area contributed by atoms with Gasteiger partial charge in [0.15, 0.2) is 0 Å². The number of carboxylic acids is 1. The van der Waals surface area contributed by atoms with Crippen LogP contribution in [0.15, 0.2) is 24.3 Å². The van der Waals surface area contributed by atoms with E-state index in [4.69, 9.17) is 5.11 Å². The number of benzene rings is 1. The molecule has 0 spiro atoms. The monoisotopic (exact) mass is 502 g/mol. The fourth-order valence-corrected chi connectivity index (χ4v) is 3.66. The van der Waals surface area contributed by atoms with E-state index in [2.05, 4.69) is 30.4 Å². The van der Waals surface area contributed by atoms with Crippen molar-refractivity contribution in [3.05, 3.63) is 36.0 Å². The number of rotatable bonds is 7. The molecule has 0 unspecified atom stereocenters. The first-order valence-corrected chi connectivity index (χ1v) is 8.97. The second-order valence-electron chi connectivity index (χ2n) is 4.73. The number of aromatic nitrogens is 3. The molecule has 22 heavy (non-hydrogen) atoms. The number of aromatic amines is 1. The van der Waals surface area contributed by atoms with Gasteiger partial charge < -0.3 is 5.11 Å². The smallest absolute Gasteiger partial charge is 0.478 e. The van der Waals surface area contributed by atoms with Crippen molar-refractivity contribution in [2.45, 2.75) is 20.4 Å². The molecule has 122 valence electrons. The number of carboxylic acid groups (broad SMARTS) is 1. The van der Waals surface area contributed by atoms with Gasteiger partial charge in [-0.05, 0) is 12.3 Å². The Kier molecular flexibility index (Phi) is 7.97. The zero-order valence-electron chi connectivity index (χ0n) is 12.6. The van der Waals surface area contributed by atoms with Crippen molar-refractivity contribution in [1.29, 1.82) is 0 Å². The topological polar surface area (TPSA) is 69.9 Å². The third-order valence-electron chi connectivity index (χ3n) is 3.44. The van der Waals surface area contributed by atoms with Crippen molar-refractivity contribution < 1.29 is 37.0 Å². The van der Waals surface area contributed by atoms with E-state index >= 15 is 0 Å². The molecule has 0 aliphatic carbocycles. The molecule has 0 bridgehead atoms. The Bertz CT molecular complexity index is 614.